The number of carbonyl (C=O) groups is 1. The Morgan fingerprint density at radius 1 is 1.00 bits per heavy atom. The highest BCUT2D eigenvalue weighted by molar-refractivity contribution is 6.02. The molecule has 0 aliphatic rings. The first-order valence-electron chi connectivity index (χ1n) is 8.11. The van der Waals surface area contributed by atoms with Gasteiger partial charge in [-0.15, -0.1) is 0 Å². The van der Waals surface area contributed by atoms with Crippen molar-refractivity contribution >= 4 is 5.78 Å². The van der Waals surface area contributed by atoms with E-state index in [0.29, 0.717) is 5.56 Å². The van der Waals surface area contributed by atoms with Gasteiger partial charge in [0.1, 0.15) is 17.6 Å². The van der Waals surface area contributed by atoms with Crippen LogP contribution in [0.25, 0.3) is 0 Å². The number of Topliss-reactive ketones (excluding diaryl/α,β-unsaturated/α-hetero) is 1. The molecule has 2 aromatic rings. The van der Waals surface area contributed by atoms with Crippen molar-refractivity contribution in [3.05, 3.63) is 58.7 Å². The van der Waals surface area contributed by atoms with Crippen molar-refractivity contribution in [2.75, 3.05) is 0 Å². The first-order chi connectivity index (χ1) is 12.2. The number of rotatable bonds is 6. The van der Waals surface area contributed by atoms with Crippen LogP contribution in [0.15, 0.2) is 42.0 Å². The Hall–Kier alpha value is -2.99. The predicted octanol–water partition coefficient (Wildman–Crippen LogP) is 2.80. The Morgan fingerprint density at radius 2 is 1.65 bits per heavy atom. The Morgan fingerprint density at radius 3 is 2.27 bits per heavy atom. The molecule has 6 nitrogen and oxygen atoms in total. The number of aromatic hydroxyl groups is 4. The van der Waals surface area contributed by atoms with E-state index in [1.54, 1.807) is 6.08 Å². The highest BCUT2D eigenvalue weighted by Crippen LogP contribution is 2.33. The molecule has 0 aliphatic heterocycles. The largest absolute Gasteiger partial charge is 0.508 e. The summed E-state index contributed by atoms with van der Waals surface area (Å²) < 4.78 is 0. The van der Waals surface area contributed by atoms with Crippen molar-refractivity contribution in [2.24, 2.45) is 0 Å². The third-order valence-electron chi connectivity index (χ3n) is 4.01. The van der Waals surface area contributed by atoms with Gasteiger partial charge in [0.05, 0.1) is 5.56 Å². The number of hydrogen-bond donors (Lipinski definition) is 5. The molecule has 0 radical (unpaired) electrons. The summed E-state index contributed by atoms with van der Waals surface area (Å²) in [5, 5.41) is 49.3. The summed E-state index contributed by atoms with van der Waals surface area (Å²) in [7, 11) is 0. The van der Waals surface area contributed by atoms with Gasteiger partial charge in [-0.2, -0.15) is 0 Å². The van der Waals surface area contributed by atoms with Gasteiger partial charge in [0.25, 0.3) is 0 Å². The van der Waals surface area contributed by atoms with Crippen molar-refractivity contribution in [3.8, 4) is 23.0 Å². The van der Waals surface area contributed by atoms with Gasteiger partial charge in [0, 0.05) is 12.0 Å². The minimum absolute atomic E-state index is 0.0875. The average Bonchev–Trinajstić information content (AvgIpc) is 2.57. The average molecular weight is 358 g/mol. The number of aliphatic hydroxyl groups excluding tert-OH is 1. The second-order valence-electron chi connectivity index (χ2n) is 6.35. The lowest BCUT2D eigenvalue weighted by molar-refractivity contribution is 0.0744. The van der Waals surface area contributed by atoms with Gasteiger partial charge < -0.3 is 25.5 Å². The fourth-order valence-electron chi connectivity index (χ4n) is 2.52. The molecule has 0 fully saturated rings. The molecule has 0 saturated heterocycles. The van der Waals surface area contributed by atoms with Gasteiger partial charge in [-0.1, -0.05) is 17.7 Å². The number of phenolic OH excluding ortho intramolecular Hbond substituents is 4. The van der Waals surface area contributed by atoms with Crippen LogP contribution >= 0.6 is 0 Å². The molecule has 0 saturated carbocycles. The molecule has 0 spiro atoms. The summed E-state index contributed by atoms with van der Waals surface area (Å²) >= 11 is 0. The highest BCUT2D eigenvalue weighted by atomic mass is 16.3. The van der Waals surface area contributed by atoms with Crippen LogP contribution in [0.3, 0.4) is 0 Å². The summed E-state index contributed by atoms with van der Waals surface area (Å²) in [6.45, 7) is 3.75. The topological polar surface area (TPSA) is 118 Å². The third kappa shape index (κ3) is 4.34. The first-order valence-corrected chi connectivity index (χ1v) is 8.11. The van der Waals surface area contributed by atoms with E-state index in [4.69, 9.17) is 0 Å². The van der Waals surface area contributed by atoms with Crippen LogP contribution in [-0.2, 0) is 12.8 Å². The second kappa shape index (κ2) is 7.93. The molecule has 1 unspecified atom stereocenters. The molecular formula is C20H22O6. The van der Waals surface area contributed by atoms with E-state index in [1.807, 2.05) is 13.8 Å². The van der Waals surface area contributed by atoms with Crippen LogP contribution in [0.1, 0.15) is 35.3 Å². The van der Waals surface area contributed by atoms with Crippen molar-refractivity contribution in [3.63, 3.8) is 0 Å². The van der Waals surface area contributed by atoms with Crippen molar-refractivity contribution in [1.82, 2.24) is 0 Å². The van der Waals surface area contributed by atoms with Crippen LogP contribution in [-0.4, -0.2) is 37.4 Å². The number of aliphatic hydroxyl groups is 1. The number of benzene rings is 2. The lowest BCUT2D eigenvalue weighted by Crippen LogP contribution is -2.23. The molecule has 0 heterocycles. The number of carbonyl (C=O) groups excluding carboxylic acids is 1. The molecule has 1 atom stereocenters. The molecule has 26 heavy (non-hydrogen) atoms. The van der Waals surface area contributed by atoms with E-state index in [0.717, 1.165) is 5.57 Å². The number of hydrogen-bond acceptors (Lipinski definition) is 6. The Bertz CT molecular complexity index is 850. The summed E-state index contributed by atoms with van der Waals surface area (Å²) in [6.07, 6.45) is 0.503. The maximum absolute atomic E-state index is 12.5. The number of phenols is 4. The van der Waals surface area contributed by atoms with Crippen LogP contribution in [0.4, 0.5) is 0 Å². The molecule has 2 aromatic carbocycles. The lowest BCUT2D eigenvalue weighted by atomic mass is 9.96. The molecule has 5 N–H and O–H groups in total. The van der Waals surface area contributed by atoms with E-state index in [1.165, 1.54) is 30.3 Å². The fourth-order valence-corrected chi connectivity index (χ4v) is 2.52. The minimum Gasteiger partial charge on any atom is -0.508 e. The van der Waals surface area contributed by atoms with E-state index in [-0.39, 0.29) is 47.0 Å². The molecule has 138 valence electrons. The van der Waals surface area contributed by atoms with Gasteiger partial charge in [-0.25, -0.2) is 0 Å². The van der Waals surface area contributed by atoms with Crippen molar-refractivity contribution in [1.29, 1.82) is 0 Å². The van der Waals surface area contributed by atoms with Gasteiger partial charge in [0.2, 0.25) is 0 Å². The van der Waals surface area contributed by atoms with E-state index < -0.39 is 11.9 Å². The first kappa shape index (κ1) is 19.3. The Balaban J connectivity index is 2.26. The molecule has 0 bridgehead atoms. The number of ketones is 1. The van der Waals surface area contributed by atoms with Gasteiger partial charge in [0.15, 0.2) is 17.3 Å². The molecule has 0 amide bonds. The Kier molecular flexibility index (Phi) is 5.90. The smallest absolute Gasteiger partial charge is 0.195 e. The maximum Gasteiger partial charge on any atom is 0.195 e. The Labute approximate surface area is 151 Å². The van der Waals surface area contributed by atoms with Crippen LogP contribution in [0.2, 0.25) is 0 Å². The summed E-state index contributed by atoms with van der Waals surface area (Å²) in [5.74, 6) is -1.84. The zero-order chi connectivity index (χ0) is 19.4. The second-order valence-corrected chi connectivity index (χ2v) is 6.35. The van der Waals surface area contributed by atoms with Gasteiger partial charge in [-0.3, -0.25) is 4.79 Å². The maximum atomic E-state index is 12.5. The summed E-state index contributed by atoms with van der Waals surface area (Å²) in [4.78, 5) is 12.5. The van der Waals surface area contributed by atoms with Gasteiger partial charge >= 0.3 is 0 Å². The molecule has 6 heteroatoms. The SMILES string of the molecule is CC(C)=CCc1c(O)ccc(C(=O)C(O)Cc2ccc(O)c(O)c2)c1O. The van der Waals surface area contributed by atoms with E-state index in [9.17, 15) is 30.3 Å². The highest BCUT2D eigenvalue weighted by Gasteiger charge is 2.23. The fraction of sp³-hybridized carbons (Fsp3) is 0.250. The third-order valence-corrected chi connectivity index (χ3v) is 4.01. The van der Waals surface area contributed by atoms with E-state index in [2.05, 4.69) is 0 Å². The molecule has 2 rings (SSSR count). The molecular weight excluding hydrogens is 336 g/mol. The minimum atomic E-state index is -1.45. The van der Waals surface area contributed by atoms with Crippen molar-refractivity contribution in [2.45, 2.75) is 32.8 Å². The zero-order valence-corrected chi connectivity index (χ0v) is 14.6. The van der Waals surface area contributed by atoms with Crippen LogP contribution < -0.4 is 0 Å². The quantitative estimate of drug-likeness (QED) is 0.308. The van der Waals surface area contributed by atoms with Gasteiger partial charge in [-0.05, 0) is 50.1 Å². The summed E-state index contributed by atoms with van der Waals surface area (Å²) in [5.41, 5.74) is 1.57. The molecule has 0 aromatic heterocycles. The zero-order valence-electron chi connectivity index (χ0n) is 14.6. The van der Waals surface area contributed by atoms with Crippen molar-refractivity contribution < 1.29 is 30.3 Å². The normalized spacial score (nSPS) is 11.8. The predicted molar refractivity (Wildman–Crippen MR) is 96.7 cm³/mol. The van der Waals surface area contributed by atoms with Crippen LogP contribution in [0, 0.1) is 0 Å². The standard InChI is InChI=1S/C20H22O6/c1-11(2)3-5-13-15(21)8-6-14(19(13)25)20(26)18(24)10-12-4-7-16(22)17(23)9-12/h3-4,6-9,18,21-25H,5,10H2,1-2H3. The van der Waals surface area contributed by atoms with E-state index >= 15 is 0 Å². The summed E-state index contributed by atoms with van der Waals surface area (Å²) in [6, 6.07) is 6.55. The van der Waals surface area contributed by atoms with Crippen LogP contribution in [0.5, 0.6) is 23.0 Å². The lowest BCUT2D eigenvalue weighted by Gasteiger charge is -2.14. The monoisotopic (exact) mass is 358 g/mol. The number of allylic oxidation sites excluding steroid dienone is 2. The molecule has 0 aliphatic carbocycles.